The van der Waals surface area contributed by atoms with Gasteiger partial charge in [0.05, 0.1) is 4.92 Å². The molecule has 0 aliphatic heterocycles. The summed E-state index contributed by atoms with van der Waals surface area (Å²) in [4.78, 5) is 10.1. The van der Waals surface area contributed by atoms with E-state index in [1.165, 1.54) is 17.7 Å². The van der Waals surface area contributed by atoms with E-state index in [9.17, 15) is 10.1 Å². The van der Waals surface area contributed by atoms with Crippen molar-refractivity contribution >= 4 is 11.8 Å². The smallest absolute Gasteiger partial charge is 0.269 e. The maximum absolute atomic E-state index is 10.5. The molecule has 1 N–H and O–H groups in total. The van der Waals surface area contributed by atoms with Crippen molar-refractivity contribution in [3.05, 3.63) is 45.5 Å². The fraction of sp³-hybridized carbons (Fsp3) is 0.385. The number of nitro groups is 1. The summed E-state index contributed by atoms with van der Waals surface area (Å²) in [6.07, 6.45) is 3.05. The quantitative estimate of drug-likeness (QED) is 0.608. The zero-order chi connectivity index (χ0) is 12.7. The van der Waals surface area contributed by atoms with Gasteiger partial charge >= 0.3 is 0 Å². The summed E-state index contributed by atoms with van der Waals surface area (Å²) in [6, 6.07) is 6.62. The third-order valence-electron chi connectivity index (χ3n) is 2.53. The van der Waals surface area contributed by atoms with Crippen LogP contribution in [0.2, 0.25) is 0 Å². The lowest BCUT2D eigenvalue weighted by Gasteiger charge is -2.05. The highest BCUT2D eigenvalue weighted by Gasteiger charge is 2.03. The van der Waals surface area contributed by atoms with E-state index in [1.807, 2.05) is 0 Å². The van der Waals surface area contributed by atoms with E-state index in [2.05, 4.69) is 25.2 Å². The lowest BCUT2D eigenvalue weighted by Crippen LogP contribution is -2.15. The maximum Gasteiger partial charge on any atom is 0.269 e. The van der Waals surface area contributed by atoms with E-state index >= 15 is 0 Å². The standard InChI is InChI=1S/C13H18N2O2/c1-3-11(10-14-4-2)9-12-5-7-13(8-6-12)15(16)17/h5-9,14H,3-4,10H2,1-2H3. The lowest BCUT2D eigenvalue weighted by atomic mass is 10.1. The molecule has 0 heterocycles. The minimum absolute atomic E-state index is 0.131. The second kappa shape index (κ2) is 6.81. The van der Waals surface area contributed by atoms with Gasteiger partial charge in [-0.05, 0) is 30.7 Å². The van der Waals surface area contributed by atoms with Crippen LogP contribution in [0.3, 0.4) is 0 Å². The van der Waals surface area contributed by atoms with Crippen LogP contribution in [0.1, 0.15) is 25.8 Å². The van der Waals surface area contributed by atoms with Crippen molar-refractivity contribution in [2.75, 3.05) is 13.1 Å². The molecule has 0 bridgehead atoms. The molecule has 1 aromatic carbocycles. The molecule has 0 aliphatic rings. The molecule has 0 aliphatic carbocycles. The van der Waals surface area contributed by atoms with Crippen LogP contribution >= 0.6 is 0 Å². The van der Waals surface area contributed by atoms with E-state index < -0.39 is 0 Å². The molecule has 1 rings (SSSR count). The van der Waals surface area contributed by atoms with Crippen LogP contribution in [-0.2, 0) is 0 Å². The van der Waals surface area contributed by atoms with Gasteiger partial charge in [-0.15, -0.1) is 0 Å². The average Bonchev–Trinajstić information content (AvgIpc) is 2.35. The Hall–Kier alpha value is -1.68. The zero-order valence-corrected chi connectivity index (χ0v) is 10.3. The van der Waals surface area contributed by atoms with Gasteiger partial charge in [-0.3, -0.25) is 10.1 Å². The maximum atomic E-state index is 10.5. The number of hydrogen-bond acceptors (Lipinski definition) is 3. The molecule has 0 amide bonds. The Bertz CT molecular complexity index is 396. The Labute approximate surface area is 101 Å². The second-order valence-electron chi connectivity index (χ2n) is 3.79. The van der Waals surface area contributed by atoms with Gasteiger partial charge in [0.2, 0.25) is 0 Å². The summed E-state index contributed by atoms with van der Waals surface area (Å²) >= 11 is 0. The summed E-state index contributed by atoms with van der Waals surface area (Å²) in [7, 11) is 0. The molecule has 92 valence electrons. The first-order valence-corrected chi connectivity index (χ1v) is 5.82. The Morgan fingerprint density at radius 3 is 2.47 bits per heavy atom. The second-order valence-corrected chi connectivity index (χ2v) is 3.79. The highest BCUT2D eigenvalue weighted by Crippen LogP contribution is 2.15. The van der Waals surface area contributed by atoms with Gasteiger partial charge < -0.3 is 5.32 Å². The number of nitrogens with one attached hydrogen (secondary N) is 1. The molecule has 17 heavy (non-hydrogen) atoms. The molecule has 0 aromatic heterocycles. The van der Waals surface area contributed by atoms with E-state index in [-0.39, 0.29) is 10.6 Å². The van der Waals surface area contributed by atoms with E-state index in [0.717, 1.165) is 25.1 Å². The molecule has 0 atom stereocenters. The van der Waals surface area contributed by atoms with Gasteiger partial charge in [0.1, 0.15) is 0 Å². The monoisotopic (exact) mass is 234 g/mol. The Morgan fingerprint density at radius 2 is 2.00 bits per heavy atom. The van der Waals surface area contributed by atoms with Gasteiger partial charge in [0.25, 0.3) is 5.69 Å². The van der Waals surface area contributed by atoms with Gasteiger partial charge in [-0.1, -0.05) is 25.5 Å². The number of benzene rings is 1. The van der Waals surface area contributed by atoms with Crippen LogP contribution in [0.15, 0.2) is 29.8 Å². The van der Waals surface area contributed by atoms with Crippen molar-refractivity contribution in [1.82, 2.24) is 5.32 Å². The minimum atomic E-state index is -0.382. The van der Waals surface area contributed by atoms with Crippen LogP contribution < -0.4 is 5.32 Å². The first-order chi connectivity index (χ1) is 8.17. The number of non-ortho nitro benzene ring substituents is 1. The van der Waals surface area contributed by atoms with E-state index in [1.54, 1.807) is 12.1 Å². The van der Waals surface area contributed by atoms with Crippen molar-refractivity contribution in [2.45, 2.75) is 20.3 Å². The van der Waals surface area contributed by atoms with Gasteiger partial charge in [-0.25, -0.2) is 0 Å². The number of likely N-dealkylation sites (N-methyl/N-ethyl adjacent to an activating group) is 1. The largest absolute Gasteiger partial charge is 0.313 e. The molecule has 0 fully saturated rings. The third kappa shape index (κ3) is 4.36. The summed E-state index contributed by atoms with van der Waals surface area (Å²) < 4.78 is 0. The number of rotatable bonds is 6. The van der Waals surface area contributed by atoms with Crippen LogP contribution in [0.4, 0.5) is 5.69 Å². The van der Waals surface area contributed by atoms with Gasteiger partial charge in [0.15, 0.2) is 0 Å². The van der Waals surface area contributed by atoms with E-state index in [4.69, 9.17) is 0 Å². The highest BCUT2D eigenvalue weighted by molar-refractivity contribution is 5.55. The van der Waals surface area contributed by atoms with Gasteiger partial charge in [0, 0.05) is 18.7 Å². The molecule has 1 aromatic rings. The first-order valence-electron chi connectivity index (χ1n) is 5.82. The van der Waals surface area contributed by atoms with Crippen molar-refractivity contribution in [1.29, 1.82) is 0 Å². The molecule has 0 saturated heterocycles. The van der Waals surface area contributed by atoms with Crippen LogP contribution in [-0.4, -0.2) is 18.0 Å². The van der Waals surface area contributed by atoms with Crippen molar-refractivity contribution < 1.29 is 4.92 Å². The summed E-state index contributed by atoms with van der Waals surface area (Å²) in [6.45, 7) is 5.98. The summed E-state index contributed by atoms with van der Waals surface area (Å²) in [5.74, 6) is 0. The predicted molar refractivity (Wildman–Crippen MR) is 69.9 cm³/mol. The average molecular weight is 234 g/mol. The summed E-state index contributed by atoms with van der Waals surface area (Å²) in [5.41, 5.74) is 2.43. The zero-order valence-electron chi connectivity index (χ0n) is 10.3. The Morgan fingerprint density at radius 1 is 1.35 bits per heavy atom. The normalized spacial score (nSPS) is 11.5. The van der Waals surface area contributed by atoms with Crippen molar-refractivity contribution in [2.24, 2.45) is 0 Å². The SMILES string of the molecule is CCNCC(=Cc1ccc([N+](=O)[O-])cc1)CC. The van der Waals surface area contributed by atoms with Gasteiger partial charge in [-0.2, -0.15) is 0 Å². The number of nitro benzene ring substituents is 1. The topological polar surface area (TPSA) is 55.2 Å². The Balaban J connectivity index is 2.77. The van der Waals surface area contributed by atoms with E-state index in [0.29, 0.717) is 0 Å². The molecule has 0 radical (unpaired) electrons. The molecule has 0 unspecified atom stereocenters. The molecule has 4 nitrogen and oxygen atoms in total. The third-order valence-corrected chi connectivity index (χ3v) is 2.53. The van der Waals surface area contributed by atoms with Crippen LogP contribution in [0.25, 0.3) is 6.08 Å². The lowest BCUT2D eigenvalue weighted by molar-refractivity contribution is -0.384. The molecule has 4 heteroatoms. The Kier molecular flexibility index (Phi) is 5.36. The first kappa shape index (κ1) is 13.4. The van der Waals surface area contributed by atoms with Crippen LogP contribution in [0.5, 0.6) is 0 Å². The molecule has 0 spiro atoms. The minimum Gasteiger partial charge on any atom is -0.313 e. The molecule has 0 saturated carbocycles. The molecular formula is C13H18N2O2. The number of nitrogens with zero attached hydrogens (tertiary/aromatic N) is 1. The highest BCUT2D eigenvalue weighted by atomic mass is 16.6. The fourth-order valence-corrected chi connectivity index (χ4v) is 1.49. The van der Waals surface area contributed by atoms with Crippen LogP contribution in [0, 0.1) is 10.1 Å². The van der Waals surface area contributed by atoms with Crippen molar-refractivity contribution in [3.63, 3.8) is 0 Å². The molecular weight excluding hydrogens is 216 g/mol. The number of hydrogen-bond donors (Lipinski definition) is 1. The fourth-order valence-electron chi connectivity index (χ4n) is 1.49. The predicted octanol–water partition coefficient (Wildman–Crippen LogP) is 3.00. The summed E-state index contributed by atoms with van der Waals surface area (Å²) in [5, 5.41) is 13.8. The van der Waals surface area contributed by atoms with Crippen molar-refractivity contribution in [3.8, 4) is 0 Å².